The van der Waals surface area contributed by atoms with Crippen LogP contribution in [0.5, 0.6) is 11.5 Å². The van der Waals surface area contributed by atoms with Crippen molar-refractivity contribution in [2.24, 2.45) is 0 Å². The Kier molecular flexibility index (Phi) is 14.5. The van der Waals surface area contributed by atoms with Crippen LogP contribution in [0.2, 0.25) is 0 Å². The highest BCUT2D eigenvalue weighted by atomic mass is 32.2. The van der Waals surface area contributed by atoms with E-state index in [0.29, 0.717) is 5.56 Å². The fraction of sp³-hybridized carbons (Fsp3) is 0.220. The van der Waals surface area contributed by atoms with Crippen LogP contribution in [0.25, 0.3) is 22.3 Å². The van der Waals surface area contributed by atoms with E-state index in [1.54, 1.807) is 30.3 Å². The highest BCUT2D eigenvalue weighted by Crippen LogP contribution is 2.31. The Morgan fingerprint density at radius 1 is 0.647 bits per heavy atom. The van der Waals surface area contributed by atoms with Crippen LogP contribution in [-0.4, -0.2) is 47.3 Å². The fourth-order valence-corrected chi connectivity index (χ4v) is 5.72. The van der Waals surface area contributed by atoms with Gasteiger partial charge in [0.2, 0.25) is 5.91 Å². The van der Waals surface area contributed by atoms with E-state index >= 15 is 0 Å². The molecular weight excluding hydrogens is 665 g/mol. The first kappa shape index (κ1) is 40.0. The predicted molar refractivity (Wildman–Crippen MR) is 205 cm³/mol. The lowest BCUT2D eigenvalue weighted by Gasteiger charge is -2.13. The zero-order valence-corrected chi connectivity index (χ0v) is 30.6. The van der Waals surface area contributed by atoms with Crippen molar-refractivity contribution in [1.29, 1.82) is 0 Å². The van der Waals surface area contributed by atoms with Crippen molar-refractivity contribution in [3.8, 4) is 33.8 Å². The van der Waals surface area contributed by atoms with E-state index in [9.17, 15) is 28.2 Å². The summed E-state index contributed by atoms with van der Waals surface area (Å²) in [5.41, 5.74) is 11.0. The third-order valence-corrected chi connectivity index (χ3v) is 8.44. The van der Waals surface area contributed by atoms with Crippen molar-refractivity contribution >= 4 is 27.6 Å². The summed E-state index contributed by atoms with van der Waals surface area (Å²) in [7, 11) is -4.02. The monoisotopic (exact) mass is 710 g/mol. The predicted octanol–water partition coefficient (Wildman–Crippen LogP) is 8.18. The van der Waals surface area contributed by atoms with Gasteiger partial charge < -0.3 is 20.8 Å². The molecular formula is C41H46N2O7S. The van der Waals surface area contributed by atoms with Gasteiger partial charge in [-0.05, 0) is 103 Å². The number of phenols is 2. The largest absolute Gasteiger partial charge is 0.504 e. The molecule has 0 saturated heterocycles. The number of nitrogens with one attached hydrogen (secondary N) is 2. The summed E-state index contributed by atoms with van der Waals surface area (Å²) in [6.45, 7) is 12.2. The van der Waals surface area contributed by atoms with Crippen LogP contribution in [0.4, 0.5) is 5.69 Å². The minimum absolute atomic E-state index is 0.0829. The Bertz CT molecular complexity index is 2020. The SMILES string of the molecule is CC.Cc1cc(C)c(-c2ccc(NC(=O)Cc3ccc(-c4ccc(O)c(O)c4)cc3)cc2)c(C)c1.Cc1ccc(C(=O)NCCS(=O)(=O)O)cc1. The number of hydrogen-bond donors (Lipinski definition) is 5. The molecule has 0 spiro atoms. The highest BCUT2D eigenvalue weighted by Gasteiger charge is 2.10. The maximum atomic E-state index is 12.5. The number of anilines is 1. The second kappa shape index (κ2) is 18.5. The van der Waals surface area contributed by atoms with Gasteiger partial charge in [-0.15, -0.1) is 0 Å². The number of hydrogen-bond acceptors (Lipinski definition) is 6. The van der Waals surface area contributed by atoms with Gasteiger partial charge >= 0.3 is 0 Å². The molecule has 0 aliphatic heterocycles. The van der Waals surface area contributed by atoms with Crippen LogP contribution in [0.1, 0.15) is 52.0 Å². The van der Waals surface area contributed by atoms with E-state index in [1.807, 2.05) is 69.3 Å². The second-order valence-corrected chi connectivity index (χ2v) is 13.5. The lowest BCUT2D eigenvalue weighted by molar-refractivity contribution is -0.115. The number of carbonyl (C=O) groups is 2. The summed E-state index contributed by atoms with van der Waals surface area (Å²) in [6, 6.07) is 31.5. The van der Waals surface area contributed by atoms with Gasteiger partial charge in [0.05, 0.1) is 12.2 Å². The third kappa shape index (κ3) is 12.4. The summed E-state index contributed by atoms with van der Waals surface area (Å²) >= 11 is 0. The Balaban J connectivity index is 0.000000328. The molecule has 5 aromatic carbocycles. The molecule has 0 unspecified atom stereocenters. The summed E-state index contributed by atoms with van der Waals surface area (Å²) in [5, 5.41) is 24.5. The van der Waals surface area contributed by atoms with Gasteiger partial charge in [-0.25, -0.2) is 0 Å². The number of phenolic OH excluding ortho intramolecular Hbond substituents is 2. The molecule has 0 bridgehead atoms. The molecule has 0 aromatic heterocycles. The summed E-state index contributed by atoms with van der Waals surface area (Å²) in [5.74, 6) is -1.23. The smallest absolute Gasteiger partial charge is 0.266 e. The zero-order chi connectivity index (χ0) is 37.7. The number of aryl methyl sites for hydroxylation is 4. The molecule has 0 saturated carbocycles. The van der Waals surface area contributed by atoms with Gasteiger partial charge in [-0.3, -0.25) is 14.1 Å². The molecule has 0 aliphatic carbocycles. The van der Waals surface area contributed by atoms with Crippen LogP contribution in [0, 0.1) is 27.7 Å². The normalized spacial score (nSPS) is 10.6. The molecule has 5 N–H and O–H groups in total. The van der Waals surface area contributed by atoms with Gasteiger partial charge in [0.15, 0.2) is 11.5 Å². The average Bonchev–Trinajstić information content (AvgIpc) is 3.07. The maximum absolute atomic E-state index is 12.5. The van der Waals surface area contributed by atoms with Crippen molar-refractivity contribution in [1.82, 2.24) is 5.32 Å². The second-order valence-electron chi connectivity index (χ2n) is 11.9. The average molecular weight is 711 g/mol. The molecule has 5 rings (SSSR count). The van der Waals surface area contributed by atoms with Crippen LogP contribution in [-0.2, 0) is 21.3 Å². The lowest BCUT2D eigenvalue weighted by atomic mass is 9.94. The van der Waals surface area contributed by atoms with Crippen LogP contribution >= 0.6 is 0 Å². The molecule has 268 valence electrons. The van der Waals surface area contributed by atoms with E-state index in [0.717, 1.165) is 33.5 Å². The Labute approximate surface area is 300 Å². The van der Waals surface area contributed by atoms with Crippen molar-refractivity contribution in [3.63, 3.8) is 0 Å². The minimum Gasteiger partial charge on any atom is -0.504 e. The number of benzene rings is 5. The van der Waals surface area contributed by atoms with E-state index < -0.39 is 15.9 Å². The van der Waals surface area contributed by atoms with Crippen molar-refractivity contribution in [2.45, 2.75) is 48.0 Å². The Hall–Kier alpha value is -5.45. The Morgan fingerprint density at radius 2 is 1.20 bits per heavy atom. The van der Waals surface area contributed by atoms with E-state index in [-0.39, 0.29) is 36.3 Å². The summed E-state index contributed by atoms with van der Waals surface area (Å²) in [4.78, 5) is 24.0. The van der Waals surface area contributed by atoms with Gasteiger partial charge in [0.1, 0.15) is 0 Å². The maximum Gasteiger partial charge on any atom is 0.266 e. The van der Waals surface area contributed by atoms with Gasteiger partial charge in [0.25, 0.3) is 16.0 Å². The summed E-state index contributed by atoms with van der Waals surface area (Å²) < 4.78 is 29.3. The van der Waals surface area contributed by atoms with Crippen molar-refractivity contribution in [2.75, 3.05) is 17.6 Å². The molecule has 0 aliphatic rings. The standard InChI is InChI=1S/C29H27NO3.C10H13NO4S.C2H6/c1-18-14-19(2)29(20(3)15-18)23-8-11-25(12-9-23)30-28(33)16-21-4-6-22(7-5-21)24-10-13-26(31)27(32)17-24;1-8-2-4-9(5-3-8)10(12)11-6-7-16(13,14)15;1-2/h4-15,17,31-32H,16H2,1-3H3,(H,30,33);2-5H,6-7H2,1H3,(H,11,12)(H,13,14,15);1-2H3. The van der Waals surface area contributed by atoms with Gasteiger partial charge in [-0.2, -0.15) is 8.42 Å². The minimum atomic E-state index is -4.02. The highest BCUT2D eigenvalue weighted by molar-refractivity contribution is 7.85. The fourth-order valence-electron chi connectivity index (χ4n) is 5.36. The van der Waals surface area contributed by atoms with E-state index in [2.05, 4.69) is 43.5 Å². The van der Waals surface area contributed by atoms with Gasteiger partial charge in [0, 0.05) is 17.8 Å². The topological polar surface area (TPSA) is 153 Å². The van der Waals surface area contributed by atoms with E-state index in [1.165, 1.54) is 34.4 Å². The molecule has 51 heavy (non-hydrogen) atoms. The molecule has 5 aromatic rings. The molecule has 2 amide bonds. The third-order valence-electron chi connectivity index (χ3n) is 7.72. The first-order chi connectivity index (χ1) is 24.2. The molecule has 10 heteroatoms. The first-order valence-corrected chi connectivity index (χ1v) is 18.2. The van der Waals surface area contributed by atoms with Crippen LogP contribution < -0.4 is 10.6 Å². The number of aromatic hydroxyl groups is 2. The number of amides is 2. The quantitative estimate of drug-likeness (QED) is 0.0764. The van der Waals surface area contributed by atoms with Crippen molar-refractivity contribution < 1.29 is 32.8 Å². The summed E-state index contributed by atoms with van der Waals surface area (Å²) in [6.07, 6.45) is 0.263. The van der Waals surface area contributed by atoms with Gasteiger partial charge in [-0.1, -0.05) is 91.7 Å². The zero-order valence-electron chi connectivity index (χ0n) is 29.8. The molecule has 0 radical (unpaired) electrons. The van der Waals surface area contributed by atoms with Crippen LogP contribution in [0.3, 0.4) is 0 Å². The Morgan fingerprint density at radius 3 is 1.75 bits per heavy atom. The van der Waals surface area contributed by atoms with Crippen molar-refractivity contribution in [3.05, 3.63) is 137 Å². The molecule has 0 atom stereocenters. The number of rotatable bonds is 9. The van der Waals surface area contributed by atoms with E-state index in [4.69, 9.17) is 4.55 Å². The lowest BCUT2D eigenvalue weighted by Crippen LogP contribution is -2.28. The van der Waals surface area contributed by atoms with Crippen LogP contribution in [0.15, 0.2) is 103 Å². The molecule has 9 nitrogen and oxygen atoms in total. The first-order valence-electron chi connectivity index (χ1n) is 16.6. The molecule has 0 heterocycles. The number of carbonyl (C=O) groups excluding carboxylic acids is 2. The molecule has 0 fully saturated rings.